The van der Waals surface area contributed by atoms with Gasteiger partial charge in [0.1, 0.15) is 0 Å². The molecule has 152 valence electrons. The summed E-state index contributed by atoms with van der Waals surface area (Å²) in [6, 6.07) is 14.2. The lowest BCUT2D eigenvalue weighted by Crippen LogP contribution is -2.35. The van der Waals surface area contributed by atoms with Crippen LogP contribution in [0.15, 0.2) is 53.4 Å². The van der Waals surface area contributed by atoms with E-state index in [-0.39, 0.29) is 17.3 Å². The van der Waals surface area contributed by atoms with Gasteiger partial charge in [-0.2, -0.15) is 0 Å². The minimum Gasteiger partial charge on any atom is -0.383 e. The second-order valence-electron chi connectivity index (χ2n) is 7.02. The predicted octanol–water partition coefficient (Wildman–Crippen LogP) is 2.29. The van der Waals surface area contributed by atoms with Gasteiger partial charge in [-0.1, -0.05) is 18.2 Å². The Bertz CT molecular complexity index is 1140. The van der Waals surface area contributed by atoms with Crippen molar-refractivity contribution in [3.8, 4) is 0 Å². The zero-order valence-electron chi connectivity index (χ0n) is 16.1. The van der Waals surface area contributed by atoms with Gasteiger partial charge in [-0.25, -0.2) is 13.1 Å². The number of fused-ring (bicyclic) bond motifs is 3. The van der Waals surface area contributed by atoms with E-state index in [0.717, 1.165) is 22.9 Å². The topological polar surface area (TPSA) is 91.5 Å². The first-order chi connectivity index (χ1) is 14.0. The van der Waals surface area contributed by atoms with E-state index in [2.05, 4.69) is 15.8 Å². The molecule has 0 unspecified atom stereocenters. The average Bonchev–Trinajstić information content (AvgIpc) is 3.11. The maximum Gasteiger partial charge on any atom is 0.254 e. The number of amides is 1. The van der Waals surface area contributed by atoms with E-state index in [1.165, 1.54) is 24.9 Å². The lowest BCUT2D eigenvalue weighted by Gasteiger charge is -2.27. The summed E-state index contributed by atoms with van der Waals surface area (Å²) >= 11 is 0. The second-order valence-corrected chi connectivity index (χ2v) is 8.79. The molecule has 0 saturated carbocycles. The van der Waals surface area contributed by atoms with Crippen molar-refractivity contribution in [2.45, 2.75) is 17.9 Å². The third-order valence-corrected chi connectivity index (χ3v) is 6.66. The highest BCUT2D eigenvalue weighted by molar-refractivity contribution is 7.89. The van der Waals surface area contributed by atoms with Gasteiger partial charge < -0.3 is 14.6 Å². The van der Waals surface area contributed by atoms with Gasteiger partial charge in [0, 0.05) is 60.9 Å². The van der Waals surface area contributed by atoms with E-state index in [4.69, 9.17) is 4.74 Å². The van der Waals surface area contributed by atoms with Crippen LogP contribution in [0.5, 0.6) is 0 Å². The molecular formula is C21H23N3O4S. The Labute approximate surface area is 169 Å². The van der Waals surface area contributed by atoms with Gasteiger partial charge in [0.15, 0.2) is 0 Å². The average molecular weight is 413 g/mol. The summed E-state index contributed by atoms with van der Waals surface area (Å²) in [6.07, 6.45) is 0.769. The number of nitrogens with zero attached hydrogens (tertiary/aromatic N) is 1. The second kappa shape index (κ2) is 7.98. The standard InChI is InChI=1S/C21H23N3O4S/c1-28-13-11-22-29(26,27)16-8-6-15(7-9-16)21(25)24-12-10-20-18(14-24)17-4-2-3-5-19(17)23-20/h2-9,22-23H,10-14H2,1H3. The minimum absolute atomic E-state index is 0.0998. The Morgan fingerprint density at radius 3 is 2.69 bits per heavy atom. The highest BCUT2D eigenvalue weighted by Crippen LogP contribution is 2.28. The fourth-order valence-corrected chi connectivity index (χ4v) is 4.67. The molecule has 1 amide bonds. The summed E-state index contributed by atoms with van der Waals surface area (Å²) < 4.78 is 31.8. The molecular weight excluding hydrogens is 390 g/mol. The van der Waals surface area contributed by atoms with Crippen LogP contribution in [0.4, 0.5) is 0 Å². The van der Waals surface area contributed by atoms with Crippen LogP contribution in [0.2, 0.25) is 0 Å². The maximum absolute atomic E-state index is 13.0. The molecule has 7 nitrogen and oxygen atoms in total. The lowest BCUT2D eigenvalue weighted by atomic mass is 10.0. The molecule has 0 atom stereocenters. The monoisotopic (exact) mass is 413 g/mol. The highest BCUT2D eigenvalue weighted by atomic mass is 32.2. The number of ether oxygens (including phenoxy) is 1. The van der Waals surface area contributed by atoms with Crippen molar-refractivity contribution in [3.05, 3.63) is 65.4 Å². The number of sulfonamides is 1. The van der Waals surface area contributed by atoms with Gasteiger partial charge in [0.25, 0.3) is 5.91 Å². The van der Waals surface area contributed by atoms with Crippen LogP contribution >= 0.6 is 0 Å². The fourth-order valence-electron chi connectivity index (χ4n) is 3.66. The first-order valence-corrected chi connectivity index (χ1v) is 10.9. The zero-order chi connectivity index (χ0) is 20.4. The van der Waals surface area contributed by atoms with Crippen LogP contribution in [0.3, 0.4) is 0 Å². The Balaban J connectivity index is 1.50. The van der Waals surface area contributed by atoms with Crippen LogP contribution in [0.25, 0.3) is 10.9 Å². The SMILES string of the molecule is COCCNS(=O)(=O)c1ccc(C(=O)N2CCc3[nH]c4ccccc4c3C2)cc1. The Kier molecular flexibility index (Phi) is 5.40. The summed E-state index contributed by atoms with van der Waals surface area (Å²) in [5.74, 6) is -0.0998. The third-order valence-electron chi connectivity index (χ3n) is 5.18. The van der Waals surface area contributed by atoms with Gasteiger partial charge in [0.05, 0.1) is 11.5 Å². The van der Waals surface area contributed by atoms with Crippen molar-refractivity contribution in [2.24, 2.45) is 0 Å². The summed E-state index contributed by atoms with van der Waals surface area (Å²) in [5.41, 5.74) is 3.90. The molecule has 1 aliphatic heterocycles. The quantitative estimate of drug-likeness (QED) is 0.607. The molecule has 1 aliphatic rings. The molecule has 3 aromatic rings. The molecule has 2 N–H and O–H groups in total. The number of benzene rings is 2. The molecule has 0 radical (unpaired) electrons. The number of carbonyl (C=O) groups excluding carboxylic acids is 1. The summed E-state index contributed by atoms with van der Waals surface area (Å²) in [6.45, 7) is 1.65. The first-order valence-electron chi connectivity index (χ1n) is 9.46. The summed E-state index contributed by atoms with van der Waals surface area (Å²) in [7, 11) is -2.11. The van der Waals surface area contributed by atoms with Gasteiger partial charge in [-0.05, 0) is 30.3 Å². The fraction of sp³-hybridized carbons (Fsp3) is 0.286. The number of hydrogen-bond donors (Lipinski definition) is 2. The van der Waals surface area contributed by atoms with Crippen LogP contribution in [-0.2, 0) is 27.7 Å². The number of nitrogens with one attached hydrogen (secondary N) is 2. The normalized spacial score (nSPS) is 14.2. The summed E-state index contributed by atoms with van der Waals surface area (Å²) in [4.78, 5) is 18.3. The molecule has 0 aliphatic carbocycles. The van der Waals surface area contributed by atoms with E-state index in [1.54, 1.807) is 12.1 Å². The Morgan fingerprint density at radius 2 is 1.93 bits per heavy atom. The van der Waals surface area contributed by atoms with E-state index < -0.39 is 10.0 Å². The molecule has 1 aromatic heterocycles. The number of para-hydroxylation sites is 1. The Morgan fingerprint density at radius 1 is 1.17 bits per heavy atom. The molecule has 0 spiro atoms. The van der Waals surface area contributed by atoms with Crippen molar-refractivity contribution in [1.29, 1.82) is 0 Å². The van der Waals surface area contributed by atoms with E-state index in [1.807, 2.05) is 23.1 Å². The molecule has 29 heavy (non-hydrogen) atoms. The number of carbonyl (C=O) groups is 1. The maximum atomic E-state index is 13.0. The molecule has 2 aromatic carbocycles. The van der Waals surface area contributed by atoms with Gasteiger partial charge in [-0.3, -0.25) is 4.79 Å². The Hall–Kier alpha value is -2.68. The van der Waals surface area contributed by atoms with Crippen LogP contribution in [-0.4, -0.2) is 51.0 Å². The number of H-pyrrole nitrogens is 1. The highest BCUT2D eigenvalue weighted by Gasteiger charge is 2.25. The number of hydrogen-bond acceptors (Lipinski definition) is 4. The number of methoxy groups -OCH3 is 1. The van der Waals surface area contributed by atoms with Crippen molar-refractivity contribution in [2.75, 3.05) is 26.8 Å². The van der Waals surface area contributed by atoms with Crippen LogP contribution in [0, 0.1) is 0 Å². The predicted molar refractivity (Wildman–Crippen MR) is 110 cm³/mol. The largest absolute Gasteiger partial charge is 0.383 e. The van der Waals surface area contributed by atoms with Gasteiger partial charge in [0.2, 0.25) is 10.0 Å². The number of aromatic amines is 1. The van der Waals surface area contributed by atoms with Crippen molar-refractivity contribution in [1.82, 2.24) is 14.6 Å². The molecule has 8 heteroatoms. The number of rotatable bonds is 6. The summed E-state index contributed by atoms with van der Waals surface area (Å²) in [5, 5.41) is 1.14. The molecule has 0 saturated heterocycles. The van der Waals surface area contributed by atoms with Crippen LogP contribution < -0.4 is 4.72 Å². The van der Waals surface area contributed by atoms with E-state index in [0.29, 0.717) is 25.3 Å². The van der Waals surface area contributed by atoms with Gasteiger partial charge >= 0.3 is 0 Å². The van der Waals surface area contributed by atoms with Gasteiger partial charge in [-0.15, -0.1) is 0 Å². The smallest absolute Gasteiger partial charge is 0.254 e. The van der Waals surface area contributed by atoms with E-state index in [9.17, 15) is 13.2 Å². The molecule has 0 bridgehead atoms. The van der Waals surface area contributed by atoms with Crippen molar-refractivity contribution < 1.29 is 17.9 Å². The molecule has 2 heterocycles. The zero-order valence-corrected chi connectivity index (χ0v) is 17.0. The third kappa shape index (κ3) is 3.91. The van der Waals surface area contributed by atoms with Crippen LogP contribution in [0.1, 0.15) is 21.6 Å². The van der Waals surface area contributed by atoms with Crippen molar-refractivity contribution >= 4 is 26.8 Å². The molecule has 4 rings (SSSR count). The minimum atomic E-state index is -3.62. The van der Waals surface area contributed by atoms with E-state index >= 15 is 0 Å². The lowest BCUT2D eigenvalue weighted by molar-refractivity contribution is 0.0735. The first kappa shape index (κ1) is 19.6. The van der Waals surface area contributed by atoms with Crippen molar-refractivity contribution in [3.63, 3.8) is 0 Å². The number of aromatic nitrogens is 1. The molecule has 0 fully saturated rings.